The van der Waals surface area contributed by atoms with Crippen LogP contribution in [0.15, 0.2) is 28.9 Å². The highest BCUT2D eigenvalue weighted by Gasteiger charge is 1.97. The molecule has 11 heavy (non-hydrogen) atoms. The van der Waals surface area contributed by atoms with E-state index in [1.54, 1.807) is 0 Å². The molecular weight excluding hydrogens is 136 g/mol. The van der Waals surface area contributed by atoms with Crippen LogP contribution in [0.1, 0.15) is 20.8 Å². The summed E-state index contributed by atoms with van der Waals surface area (Å²) in [6, 6.07) is 0. The van der Waals surface area contributed by atoms with Gasteiger partial charge in [-0.25, -0.2) is 4.99 Å². The molecule has 0 heterocycles. The minimum atomic E-state index is 0.422. The molecule has 0 amide bonds. The van der Waals surface area contributed by atoms with Gasteiger partial charge in [0, 0.05) is 5.70 Å². The third-order valence-electron chi connectivity index (χ3n) is 1.27. The lowest BCUT2D eigenvalue weighted by atomic mass is 10.1. The maximum Gasteiger partial charge on any atom is 0.0856 e. The van der Waals surface area contributed by atoms with E-state index in [-0.39, 0.29) is 0 Å². The maximum absolute atomic E-state index is 5.18. The van der Waals surface area contributed by atoms with Crippen molar-refractivity contribution >= 4 is 6.34 Å². The fourth-order valence-electron chi connectivity index (χ4n) is 0.665. The van der Waals surface area contributed by atoms with Crippen LogP contribution in [0.5, 0.6) is 0 Å². The average Bonchev–Trinajstić information content (AvgIpc) is 1.97. The first-order valence-corrected chi connectivity index (χ1v) is 3.79. The lowest BCUT2D eigenvalue weighted by Gasteiger charge is -2.02. The van der Waals surface area contributed by atoms with Crippen LogP contribution in [-0.4, -0.2) is 6.34 Å². The fraction of sp³-hybridized carbons (Fsp3) is 0.444. The molecule has 0 atom stereocenters. The van der Waals surface area contributed by atoms with Crippen LogP contribution < -0.4 is 5.73 Å². The molecule has 0 aromatic heterocycles. The molecule has 0 saturated heterocycles. The molecule has 0 aliphatic heterocycles. The van der Waals surface area contributed by atoms with E-state index in [2.05, 4.69) is 18.8 Å². The Morgan fingerprint density at radius 3 is 2.45 bits per heavy atom. The molecule has 0 fully saturated rings. The Morgan fingerprint density at radius 2 is 2.09 bits per heavy atom. The van der Waals surface area contributed by atoms with Gasteiger partial charge in [0.1, 0.15) is 0 Å². The van der Waals surface area contributed by atoms with Gasteiger partial charge < -0.3 is 5.73 Å². The summed E-state index contributed by atoms with van der Waals surface area (Å²) in [5, 5.41) is 0. The molecule has 0 aromatic carbocycles. The third-order valence-corrected chi connectivity index (χ3v) is 1.27. The van der Waals surface area contributed by atoms with Crippen LogP contribution in [0.25, 0.3) is 0 Å². The first-order chi connectivity index (χ1) is 5.22. The van der Waals surface area contributed by atoms with E-state index < -0.39 is 0 Å². The first kappa shape index (κ1) is 9.95. The quantitative estimate of drug-likeness (QED) is 0.375. The van der Waals surface area contributed by atoms with Gasteiger partial charge in [-0.15, -0.1) is 0 Å². The van der Waals surface area contributed by atoms with Crippen molar-refractivity contribution in [2.24, 2.45) is 16.6 Å². The van der Waals surface area contributed by atoms with Crippen molar-refractivity contribution in [2.75, 3.05) is 0 Å². The van der Waals surface area contributed by atoms with Crippen molar-refractivity contribution in [1.29, 1.82) is 0 Å². The minimum absolute atomic E-state index is 0.422. The number of aliphatic imine (C=N–C) groups is 1. The Kier molecular flexibility index (Phi) is 5.17. The smallest absolute Gasteiger partial charge is 0.0856 e. The second-order valence-corrected chi connectivity index (χ2v) is 2.55. The van der Waals surface area contributed by atoms with Crippen molar-refractivity contribution in [3.63, 3.8) is 0 Å². The van der Waals surface area contributed by atoms with Crippen LogP contribution in [-0.2, 0) is 0 Å². The third kappa shape index (κ3) is 4.37. The normalized spacial score (nSPS) is 14.0. The molecule has 0 aliphatic rings. The van der Waals surface area contributed by atoms with E-state index in [9.17, 15) is 0 Å². The van der Waals surface area contributed by atoms with E-state index in [1.807, 2.05) is 25.2 Å². The zero-order valence-corrected chi connectivity index (χ0v) is 7.41. The Balaban J connectivity index is 4.32. The second-order valence-electron chi connectivity index (χ2n) is 2.55. The van der Waals surface area contributed by atoms with Gasteiger partial charge in [0.05, 0.1) is 6.34 Å². The van der Waals surface area contributed by atoms with E-state index in [4.69, 9.17) is 5.73 Å². The second kappa shape index (κ2) is 5.71. The summed E-state index contributed by atoms with van der Waals surface area (Å²) in [6.07, 6.45) is 7.22. The van der Waals surface area contributed by atoms with Crippen molar-refractivity contribution < 1.29 is 0 Å². The van der Waals surface area contributed by atoms with E-state index >= 15 is 0 Å². The predicted octanol–water partition coefficient (Wildman–Crippen LogP) is 2.09. The summed E-state index contributed by atoms with van der Waals surface area (Å²) < 4.78 is 0. The Labute approximate surface area is 68.5 Å². The number of nitrogens with two attached hydrogens (primary N) is 1. The van der Waals surface area contributed by atoms with Gasteiger partial charge in [0.15, 0.2) is 0 Å². The molecule has 0 saturated carbocycles. The van der Waals surface area contributed by atoms with Crippen LogP contribution in [0.2, 0.25) is 0 Å². The van der Waals surface area contributed by atoms with Crippen molar-refractivity contribution in [3.8, 4) is 0 Å². The fourth-order valence-corrected chi connectivity index (χ4v) is 0.665. The SMILES string of the molecule is C/C=C\C=C(/N=CN)C(C)C. The summed E-state index contributed by atoms with van der Waals surface area (Å²) >= 11 is 0. The molecule has 0 rings (SSSR count). The molecule has 2 N–H and O–H groups in total. The van der Waals surface area contributed by atoms with Gasteiger partial charge in [-0.1, -0.05) is 26.0 Å². The number of rotatable bonds is 3. The van der Waals surface area contributed by atoms with Gasteiger partial charge in [0.2, 0.25) is 0 Å². The Hall–Kier alpha value is -1.05. The van der Waals surface area contributed by atoms with Gasteiger partial charge in [-0.05, 0) is 18.9 Å². The average molecular weight is 152 g/mol. The Morgan fingerprint density at radius 1 is 1.45 bits per heavy atom. The molecule has 2 nitrogen and oxygen atoms in total. The highest BCUT2D eigenvalue weighted by Crippen LogP contribution is 2.09. The molecular formula is C9H16N2. The van der Waals surface area contributed by atoms with Gasteiger partial charge in [0.25, 0.3) is 0 Å². The molecule has 0 aliphatic carbocycles. The maximum atomic E-state index is 5.18. The summed E-state index contributed by atoms with van der Waals surface area (Å²) in [7, 11) is 0. The summed E-state index contributed by atoms with van der Waals surface area (Å²) in [5.74, 6) is 0.422. The lowest BCUT2D eigenvalue weighted by Crippen LogP contribution is -1.95. The highest BCUT2D eigenvalue weighted by molar-refractivity contribution is 5.53. The van der Waals surface area contributed by atoms with Gasteiger partial charge in [-0.2, -0.15) is 0 Å². The first-order valence-electron chi connectivity index (χ1n) is 3.79. The van der Waals surface area contributed by atoms with Crippen LogP contribution in [0.4, 0.5) is 0 Å². The minimum Gasteiger partial charge on any atom is -0.390 e. The molecule has 0 radical (unpaired) electrons. The van der Waals surface area contributed by atoms with Gasteiger partial charge in [-0.3, -0.25) is 0 Å². The zero-order chi connectivity index (χ0) is 8.69. The van der Waals surface area contributed by atoms with E-state index in [1.165, 1.54) is 6.34 Å². The Bertz CT molecular complexity index is 176. The number of hydrogen-bond donors (Lipinski definition) is 1. The lowest BCUT2D eigenvalue weighted by molar-refractivity contribution is 0.759. The molecule has 62 valence electrons. The van der Waals surface area contributed by atoms with Crippen LogP contribution in [0.3, 0.4) is 0 Å². The molecule has 0 bridgehead atoms. The summed E-state index contributed by atoms with van der Waals surface area (Å²) in [5.41, 5.74) is 6.19. The predicted molar refractivity (Wildman–Crippen MR) is 50.4 cm³/mol. The monoisotopic (exact) mass is 152 g/mol. The summed E-state index contributed by atoms with van der Waals surface area (Å²) in [6.45, 7) is 6.14. The topological polar surface area (TPSA) is 38.4 Å². The number of hydrogen-bond acceptors (Lipinski definition) is 1. The standard InChI is InChI=1S/C9H16N2/c1-4-5-6-9(8(2)3)11-7-10/h4-8H,1-3H3,(H2,10,11)/b5-4-,9-6-. The van der Waals surface area contributed by atoms with E-state index in [0.717, 1.165) is 5.70 Å². The molecule has 0 spiro atoms. The molecule has 0 aromatic rings. The number of allylic oxidation sites excluding steroid dienone is 4. The largest absolute Gasteiger partial charge is 0.390 e. The van der Waals surface area contributed by atoms with E-state index in [0.29, 0.717) is 5.92 Å². The van der Waals surface area contributed by atoms with Crippen molar-refractivity contribution in [3.05, 3.63) is 23.9 Å². The zero-order valence-electron chi connectivity index (χ0n) is 7.41. The van der Waals surface area contributed by atoms with Gasteiger partial charge >= 0.3 is 0 Å². The molecule has 0 unspecified atom stereocenters. The van der Waals surface area contributed by atoms with Crippen LogP contribution in [0, 0.1) is 5.92 Å². The molecule has 2 heteroatoms. The number of nitrogens with zero attached hydrogens (tertiary/aromatic N) is 1. The van der Waals surface area contributed by atoms with Crippen LogP contribution >= 0.6 is 0 Å². The van der Waals surface area contributed by atoms with Crippen molar-refractivity contribution in [2.45, 2.75) is 20.8 Å². The summed E-state index contributed by atoms with van der Waals surface area (Å²) in [4.78, 5) is 4.02. The van der Waals surface area contributed by atoms with Crippen molar-refractivity contribution in [1.82, 2.24) is 0 Å². The highest BCUT2D eigenvalue weighted by atomic mass is 14.8.